The number of ether oxygens (including phenoxy) is 1. The zero-order valence-electron chi connectivity index (χ0n) is 17.3. The molecule has 7 heteroatoms. The zero-order valence-corrected chi connectivity index (χ0v) is 17.3. The summed E-state index contributed by atoms with van der Waals surface area (Å²) < 4.78 is 5.41. The van der Waals surface area contributed by atoms with E-state index in [1.165, 1.54) is 19.4 Å². The number of allylic oxidation sites excluding steroid dienone is 1. The molecule has 1 atom stereocenters. The van der Waals surface area contributed by atoms with Gasteiger partial charge in [-0.05, 0) is 39.2 Å². The molecule has 3 rings (SSSR count). The summed E-state index contributed by atoms with van der Waals surface area (Å²) in [5, 5.41) is 18.9. The molecule has 0 spiro atoms. The highest BCUT2D eigenvalue weighted by Crippen LogP contribution is 2.23. The monoisotopic (exact) mass is 386 g/mol. The third kappa shape index (κ3) is 5.38. The maximum atomic E-state index is 9.47. The molecule has 1 unspecified atom stereocenters. The second-order valence-electron chi connectivity index (χ2n) is 8.08. The zero-order chi connectivity index (χ0) is 19.8. The third-order valence-electron chi connectivity index (χ3n) is 6.26. The lowest BCUT2D eigenvalue weighted by molar-refractivity contribution is 0.0366. The predicted octanol–water partition coefficient (Wildman–Crippen LogP) is 1.46. The highest BCUT2D eigenvalue weighted by Gasteiger charge is 2.28. The van der Waals surface area contributed by atoms with Crippen LogP contribution in [-0.4, -0.2) is 97.8 Å². The second kappa shape index (κ2) is 10.7. The lowest BCUT2D eigenvalue weighted by Gasteiger charge is -2.29. The Morgan fingerprint density at radius 3 is 2.14 bits per heavy atom. The van der Waals surface area contributed by atoms with Gasteiger partial charge in [0.05, 0.1) is 13.2 Å². The van der Waals surface area contributed by atoms with Gasteiger partial charge in [0, 0.05) is 58.4 Å². The van der Waals surface area contributed by atoms with Gasteiger partial charge in [-0.15, -0.1) is 0 Å². The van der Waals surface area contributed by atoms with Gasteiger partial charge in [0.15, 0.2) is 5.57 Å². The maximum absolute atomic E-state index is 9.47. The smallest absolute Gasteiger partial charge is 0.169 e. The van der Waals surface area contributed by atoms with Crippen molar-refractivity contribution < 1.29 is 4.74 Å². The van der Waals surface area contributed by atoms with Crippen LogP contribution in [0, 0.1) is 22.7 Å². The Morgan fingerprint density at radius 1 is 0.929 bits per heavy atom. The number of morpholine rings is 1. The van der Waals surface area contributed by atoms with Crippen molar-refractivity contribution in [2.45, 2.75) is 38.6 Å². The van der Waals surface area contributed by atoms with Gasteiger partial charge >= 0.3 is 0 Å². The molecule has 0 amide bonds. The van der Waals surface area contributed by atoms with Gasteiger partial charge in [-0.3, -0.25) is 4.90 Å². The normalized spacial score (nSPS) is 23.8. The Hall–Kier alpha value is -1.80. The first-order chi connectivity index (χ1) is 13.7. The van der Waals surface area contributed by atoms with Crippen LogP contribution in [0.25, 0.3) is 0 Å². The van der Waals surface area contributed by atoms with E-state index < -0.39 is 0 Å². The van der Waals surface area contributed by atoms with E-state index in [4.69, 9.17) is 4.74 Å². The molecule has 0 aromatic carbocycles. The fourth-order valence-corrected chi connectivity index (χ4v) is 4.63. The Morgan fingerprint density at radius 2 is 1.57 bits per heavy atom. The quantitative estimate of drug-likeness (QED) is 0.585. The molecule has 0 aromatic rings. The van der Waals surface area contributed by atoms with Crippen LogP contribution in [0.5, 0.6) is 0 Å². The van der Waals surface area contributed by atoms with E-state index in [-0.39, 0.29) is 5.57 Å². The molecule has 0 radical (unpaired) electrons. The topological polar surface area (TPSA) is 69.8 Å². The molecule has 28 heavy (non-hydrogen) atoms. The SMILES string of the molecule is CC1CCCN1CCCN1CCN(CCCN2CCOCC2)C1=C(C#N)C#N. The largest absolute Gasteiger partial charge is 0.379 e. The van der Waals surface area contributed by atoms with Gasteiger partial charge in [-0.25, -0.2) is 0 Å². The molecule has 154 valence electrons. The summed E-state index contributed by atoms with van der Waals surface area (Å²) in [5.74, 6) is 0.862. The summed E-state index contributed by atoms with van der Waals surface area (Å²) in [6.07, 6.45) is 4.74. The van der Waals surface area contributed by atoms with Crippen molar-refractivity contribution in [3.63, 3.8) is 0 Å². The molecule has 7 nitrogen and oxygen atoms in total. The minimum Gasteiger partial charge on any atom is -0.379 e. The van der Waals surface area contributed by atoms with Crippen molar-refractivity contribution in [2.75, 3.05) is 72.1 Å². The number of likely N-dealkylation sites (tertiary alicyclic amines) is 1. The molecule has 3 heterocycles. The van der Waals surface area contributed by atoms with Crippen LogP contribution < -0.4 is 0 Å². The minimum absolute atomic E-state index is 0.262. The summed E-state index contributed by atoms with van der Waals surface area (Å²) >= 11 is 0. The fourth-order valence-electron chi connectivity index (χ4n) is 4.63. The summed E-state index contributed by atoms with van der Waals surface area (Å²) in [4.78, 5) is 9.51. The standard InChI is InChI=1S/C21H34N6O/c1-19-5-2-7-25(19)8-4-10-27-12-11-26(21(27)20(17-22)18-23)9-3-6-24-13-15-28-16-14-24/h19H,2-16H2,1H3. The van der Waals surface area contributed by atoms with E-state index in [9.17, 15) is 10.5 Å². The van der Waals surface area contributed by atoms with Gasteiger partial charge in [0.25, 0.3) is 0 Å². The molecular weight excluding hydrogens is 352 g/mol. The van der Waals surface area contributed by atoms with Crippen LogP contribution in [0.2, 0.25) is 0 Å². The number of hydrogen-bond donors (Lipinski definition) is 0. The Labute approximate surface area is 169 Å². The van der Waals surface area contributed by atoms with Gasteiger partial charge in [0.1, 0.15) is 18.0 Å². The van der Waals surface area contributed by atoms with E-state index in [0.29, 0.717) is 6.04 Å². The van der Waals surface area contributed by atoms with Crippen LogP contribution in [0.4, 0.5) is 0 Å². The number of rotatable bonds is 8. The van der Waals surface area contributed by atoms with E-state index in [0.717, 1.165) is 84.2 Å². The van der Waals surface area contributed by atoms with E-state index >= 15 is 0 Å². The van der Waals surface area contributed by atoms with Crippen molar-refractivity contribution in [1.29, 1.82) is 10.5 Å². The van der Waals surface area contributed by atoms with E-state index in [1.54, 1.807) is 0 Å². The van der Waals surface area contributed by atoms with Gasteiger partial charge in [-0.1, -0.05) is 0 Å². The fraction of sp³-hybridized carbons (Fsp3) is 0.810. The van der Waals surface area contributed by atoms with Crippen molar-refractivity contribution in [3.8, 4) is 12.1 Å². The Balaban J connectivity index is 1.51. The van der Waals surface area contributed by atoms with Crippen molar-refractivity contribution in [1.82, 2.24) is 19.6 Å². The van der Waals surface area contributed by atoms with Crippen LogP contribution in [0.15, 0.2) is 11.4 Å². The van der Waals surface area contributed by atoms with Crippen LogP contribution in [0.1, 0.15) is 32.6 Å². The summed E-state index contributed by atoms with van der Waals surface area (Å²) in [6.45, 7) is 13.0. The predicted molar refractivity (Wildman–Crippen MR) is 108 cm³/mol. The molecule has 3 aliphatic heterocycles. The maximum Gasteiger partial charge on any atom is 0.169 e. The van der Waals surface area contributed by atoms with Crippen molar-refractivity contribution in [3.05, 3.63) is 11.4 Å². The lowest BCUT2D eigenvalue weighted by atomic mass is 10.2. The number of nitriles is 2. The molecule has 0 aliphatic carbocycles. The summed E-state index contributed by atoms with van der Waals surface area (Å²) in [7, 11) is 0. The minimum atomic E-state index is 0.262. The number of nitrogens with zero attached hydrogens (tertiary/aromatic N) is 6. The molecule has 3 fully saturated rings. The second-order valence-corrected chi connectivity index (χ2v) is 8.08. The average molecular weight is 387 g/mol. The highest BCUT2D eigenvalue weighted by atomic mass is 16.5. The van der Waals surface area contributed by atoms with Crippen LogP contribution in [0.3, 0.4) is 0 Å². The molecule has 3 aliphatic rings. The van der Waals surface area contributed by atoms with Crippen molar-refractivity contribution in [2.24, 2.45) is 0 Å². The summed E-state index contributed by atoms with van der Waals surface area (Å²) in [5.41, 5.74) is 0.262. The highest BCUT2D eigenvalue weighted by molar-refractivity contribution is 5.40. The first-order valence-corrected chi connectivity index (χ1v) is 10.8. The van der Waals surface area contributed by atoms with Crippen molar-refractivity contribution >= 4 is 0 Å². The Kier molecular flexibility index (Phi) is 7.97. The lowest BCUT2D eigenvalue weighted by Crippen LogP contribution is -2.38. The van der Waals surface area contributed by atoms with Crippen LogP contribution in [-0.2, 0) is 4.74 Å². The molecular formula is C21H34N6O. The first-order valence-electron chi connectivity index (χ1n) is 10.8. The Bertz CT molecular complexity index is 599. The molecule has 0 aromatic heterocycles. The third-order valence-corrected chi connectivity index (χ3v) is 6.26. The van der Waals surface area contributed by atoms with Gasteiger partial charge < -0.3 is 19.4 Å². The molecule has 0 saturated carbocycles. The molecule has 3 saturated heterocycles. The number of hydrogen-bond acceptors (Lipinski definition) is 7. The first kappa shape index (κ1) is 20.9. The molecule has 0 N–H and O–H groups in total. The average Bonchev–Trinajstić information content (AvgIpc) is 3.31. The van der Waals surface area contributed by atoms with E-state index in [1.807, 2.05) is 0 Å². The molecule has 0 bridgehead atoms. The van der Waals surface area contributed by atoms with Gasteiger partial charge in [0.2, 0.25) is 0 Å². The summed E-state index contributed by atoms with van der Waals surface area (Å²) in [6, 6.07) is 4.95. The van der Waals surface area contributed by atoms with Crippen LogP contribution >= 0.6 is 0 Å². The van der Waals surface area contributed by atoms with Gasteiger partial charge in [-0.2, -0.15) is 10.5 Å². The van der Waals surface area contributed by atoms with E-state index in [2.05, 4.69) is 38.7 Å².